The molecule has 0 fully saturated rings. The number of hydrogen-bond acceptors (Lipinski definition) is 5. The highest BCUT2D eigenvalue weighted by molar-refractivity contribution is 7.85. The van der Waals surface area contributed by atoms with E-state index in [9.17, 15) is 13.0 Å². The van der Waals surface area contributed by atoms with Gasteiger partial charge in [-0.25, -0.2) is 23.0 Å². The molecular weight excluding hydrogens is 290 g/mol. The van der Waals surface area contributed by atoms with Gasteiger partial charge >= 0.3 is 0 Å². The Morgan fingerprint density at radius 3 is 2.74 bits per heavy atom. The van der Waals surface area contributed by atoms with E-state index in [1.165, 1.54) is 6.33 Å². The number of hydrogen-bond donors (Lipinski definition) is 0. The van der Waals surface area contributed by atoms with Gasteiger partial charge in [0.2, 0.25) is 0 Å². The molecule has 6 nitrogen and oxygen atoms in total. The molecule has 0 amide bonds. The van der Waals surface area contributed by atoms with Gasteiger partial charge < -0.3 is 4.55 Å². The SMILES string of the molecule is O=S(=O)([O-])CC[n+]1ccc(-c2ccncn2)c(Cl)c1. The first-order chi connectivity index (χ1) is 8.96. The Bertz CT molecular complexity index is 677. The van der Waals surface area contributed by atoms with Crippen molar-refractivity contribution in [2.24, 2.45) is 0 Å². The number of aryl methyl sites for hydroxylation is 1. The molecule has 0 aliphatic rings. The third kappa shape index (κ3) is 3.95. The van der Waals surface area contributed by atoms with Crippen LogP contribution in [0.3, 0.4) is 0 Å². The van der Waals surface area contributed by atoms with E-state index in [1.807, 2.05) is 0 Å². The van der Waals surface area contributed by atoms with E-state index in [-0.39, 0.29) is 6.54 Å². The standard InChI is InChI=1S/C11H10ClN3O3S/c12-10-7-15(5-6-19(16,17)18)4-2-9(10)11-1-3-13-8-14-11/h1-4,7-8H,5-6H2. The van der Waals surface area contributed by atoms with Crippen LogP contribution in [-0.2, 0) is 16.7 Å². The Morgan fingerprint density at radius 1 is 1.37 bits per heavy atom. The summed E-state index contributed by atoms with van der Waals surface area (Å²) in [5.74, 6) is -0.471. The summed E-state index contributed by atoms with van der Waals surface area (Å²) in [5.41, 5.74) is 1.38. The molecule has 8 heteroatoms. The zero-order valence-corrected chi connectivity index (χ0v) is 11.3. The predicted octanol–water partition coefficient (Wildman–Crippen LogP) is 0.630. The maximum atomic E-state index is 10.6. The van der Waals surface area contributed by atoms with Crippen LogP contribution < -0.4 is 4.57 Å². The van der Waals surface area contributed by atoms with Gasteiger partial charge in [0, 0.05) is 17.8 Å². The molecule has 0 spiro atoms. The lowest BCUT2D eigenvalue weighted by Gasteiger charge is -2.05. The van der Waals surface area contributed by atoms with Gasteiger partial charge in [-0.15, -0.1) is 0 Å². The third-order valence-corrected chi connectivity index (χ3v) is 3.41. The fourth-order valence-corrected chi connectivity index (χ4v) is 2.24. The minimum absolute atomic E-state index is 0.0651. The van der Waals surface area contributed by atoms with E-state index >= 15 is 0 Å². The number of rotatable bonds is 4. The maximum Gasteiger partial charge on any atom is 0.188 e. The van der Waals surface area contributed by atoms with Crippen molar-refractivity contribution in [1.29, 1.82) is 0 Å². The van der Waals surface area contributed by atoms with Gasteiger partial charge in [0.25, 0.3) is 0 Å². The normalized spacial score (nSPS) is 11.5. The first kappa shape index (κ1) is 13.9. The molecule has 0 bridgehead atoms. The van der Waals surface area contributed by atoms with Crippen molar-refractivity contribution < 1.29 is 17.5 Å². The molecule has 2 aromatic heterocycles. The van der Waals surface area contributed by atoms with E-state index in [2.05, 4.69) is 9.97 Å². The fourth-order valence-electron chi connectivity index (χ4n) is 1.52. The molecule has 0 aliphatic heterocycles. The van der Waals surface area contributed by atoms with Crippen molar-refractivity contribution in [2.75, 3.05) is 5.75 Å². The number of pyridine rings is 1. The number of nitrogens with zero attached hydrogens (tertiary/aromatic N) is 3. The van der Waals surface area contributed by atoms with Crippen LogP contribution in [0.1, 0.15) is 0 Å². The van der Waals surface area contributed by atoms with E-state index in [0.717, 1.165) is 0 Å². The van der Waals surface area contributed by atoms with Gasteiger partial charge in [-0.1, -0.05) is 11.6 Å². The van der Waals surface area contributed by atoms with E-state index in [4.69, 9.17) is 11.6 Å². The van der Waals surface area contributed by atoms with Crippen LogP contribution in [-0.4, -0.2) is 28.7 Å². The monoisotopic (exact) mass is 299 g/mol. The summed E-state index contributed by atoms with van der Waals surface area (Å²) in [5, 5.41) is 0.421. The molecule has 0 N–H and O–H groups in total. The highest BCUT2D eigenvalue weighted by Gasteiger charge is 2.11. The molecule has 0 aliphatic carbocycles. The van der Waals surface area contributed by atoms with Crippen molar-refractivity contribution in [3.05, 3.63) is 42.1 Å². The molecule has 0 atom stereocenters. The summed E-state index contributed by atoms with van der Waals surface area (Å²) in [4.78, 5) is 7.89. The molecule has 0 unspecified atom stereocenters. The van der Waals surface area contributed by atoms with Gasteiger partial charge in [-0.2, -0.15) is 0 Å². The Hall–Kier alpha value is -1.57. The Labute approximate surface area is 115 Å². The van der Waals surface area contributed by atoms with Crippen LogP contribution in [0, 0.1) is 0 Å². The summed E-state index contributed by atoms with van der Waals surface area (Å²) in [6.07, 6.45) is 6.22. The molecule has 2 rings (SSSR count). The van der Waals surface area contributed by atoms with Crippen molar-refractivity contribution in [2.45, 2.75) is 6.54 Å². The minimum atomic E-state index is -4.23. The topological polar surface area (TPSA) is 86.9 Å². The molecule has 0 saturated carbocycles. The van der Waals surface area contributed by atoms with Crippen LogP contribution in [0.4, 0.5) is 0 Å². The molecule has 19 heavy (non-hydrogen) atoms. The third-order valence-electron chi connectivity index (χ3n) is 2.43. The fraction of sp³-hybridized carbons (Fsp3) is 0.182. The van der Waals surface area contributed by atoms with Crippen molar-refractivity contribution in [3.8, 4) is 11.3 Å². The maximum absolute atomic E-state index is 10.6. The second kappa shape index (κ2) is 5.60. The van der Waals surface area contributed by atoms with E-state index < -0.39 is 15.9 Å². The molecule has 2 aromatic rings. The largest absolute Gasteiger partial charge is 0.748 e. The van der Waals surface area contributed by atoms with Crippen LogP contribution >= 0.6 is 11.6 Å². The molecule has 0 aromatic carbocycles. The van der Waals surface area contributed by atoms with Gasteiger partial charge in [0.05, 0.1) is 11.4 Å². The van der Waals surface area contributed by atoms with E-state index in [0.29, 0.717) is 16.3 Å². The molecule has 0 radical (unpaired) electrons. The van der Waals surface area contributed by atoms with Crippen molar-refractivity contribution in [3.63, 3.8) is 0 Å². The quantitative estimate of drug-likeness (QED) is 0.610. The van der Waals surface area contributed by atoms with Crippen LogP contribution in [0.25, 0.3) is 11.3 Å². The lowest BCUT2D eigenvalue weighted by Crippen LogP contribution is -2.36. The zero-order chi connectivity index (χ0) is 13.9. The Morgan fingerprint density at radius 2 is 2.16 bits per heavy atom. The average molecular weight is 300 g/mol. The Balaban J connectivity index is 2.23. The number of aromatic nitrogens is 3. The summed E-state index contributed by atoms with van der Waals surface area (Å²) in [6.45, 7) is 0.0651. The van der Waals surface area contributed by atoms with Crippen molar-refractivity contribution >= 4 is 21.7 Å². The lowest BCUT2D eigenvalue weighted by molar-refractivity contribution is -0.692. The van der Waals surface area contributed by atoms with E-state index in [1.54, 1.807) is 35.3 Å². The minimum Gasteiger partial charge on any atom is -0.748 e. The summed E-state index contributed by atoms with van der Waals surface area (Å²) in [6, 6.07) is 3.43. The average Bonchev–Trinajstić information content (AvgIpc) is 2.37. The molecule has 100 valence electrons. The summed E-state index contributed by atoms with van der Waals surface area (Å²) >= 11 is 6.11. The highest BCUT2D eigenvalue weighted by atomic mass is 35.5. The molecule has 2 heterocycles. The highest BCUT2D eigenvalue weighted by Crippen LogP contribution is 2.23. The Kier molecular flexibility index (Phi) is 4.08. The number of halogens is 1. The first-order valence-corrected chi connectivity index (χ1v) is 7.30. The van der Waals surface area contributed by atoms with Crippen LogP contribution in [0.2, 0.25) is 5.02 Å². The lowest BCUT2D eigenvalue weighted by atomic mass is 10.2. The first-order valence-electron chi connectivity index (χ1n) is 5.34. The second-order valence-electron chi connectivity index (χ2n) is 3.80. The molecule has 0 saturated heterocycles. The molecular formula is C11H10ClN3O3S. The van der Waals surface area contributed by atoms with Crippen LogP contribution in [0.5, 0.6) is 0 Å². The second-order valence-corrected chi connectivity index (χ2v) is 5.73. The zero-order valence-electron chi connectivity index (χ0n) is 9.73. The van der Waals surface area contributed by atoms with Gasteiger partial charge in [-0.3, -0.25) is 0 Å². The van der Waals surface area contributed by atoms with Gasteiger partial charge in [-0.05, 0) is 6.07 Å². The predicted molar refractivity (Wildman–Crippen MR) is 67.2 cm³/mol. The summed E-state index contributed by atoms with van der Waals surface area (Å²) in [7, 11) is -4.23. The van der Waals surface area contributed by atoms with Crippen LogP contribution in [0.15, 0.2) is 37.1 Å². The van der Waals surface area contributed by atoms with Gasteiger partial charge in [0.1, 0.15) is 21.5 Å². The summed E-state index contributed by atoms with van der Waals surface area (Å²) < 4.78 is 33.2. The van der Waals surface area contributed by atoms with Gasteiger partial charge in [0.15, 0.2) is 18.9 Å². The van der Waals surface area contributed by atoms with Crippen molar-refractivity contribution in [1.82, 2.24) is 9.97 Å². The smallest absolute Gasteiger partial charge is 0.188 e.